The highest BCUT2D eigenvalue weighted by molar-refractivity contribution is 6.31. The van der Waals surface area contributed by atoms with Crippen LogP contribution in [0, 0.1) is 5.92 Å². The molecule has 0 radical (unpaired) electrons. The maximum Gasteiger partial charge on any atom is 0.250 e. The van der Waals surface area contributed by atoms with Gasteiger partial charge in [0, 0.05) is 23.2 Å². The van der Waals surface area contributed by atoms with Gasteiger partial charge in [0.05, 0.1) is 14.2 Å². The topological polar surface area (TPSA) is 59.1 Å². The molecule has 1 aliphatic heterocycles. The van der Waals surface area contributed by atoms with Crippen molar-refractivity contribution < 1.29 is 19.1 Å². The molecule has 1 saturated carbocycles. The number of benzene rings is 2. The smallest absolute Gasteiger partial charge is 0.250 e. The first-order chi connectivity index (χ1) is 16.4. The van der Waals surface area contributed by atoms with E-state index in [-0.39, 0.29) is 24.4 Å². The summed E-state index contributed by atoms with van der Waals surface area (Å²) in [4.78, 5) is 31.0. The fourth-order valence-electron chi connectivity index (χ4n) is 5.16. The average molecular weight is 485 g/mol. The predicted molar refractivity (Wildman–Crippen MR) is 132 cm³/mol. The molecule has 1 heterocycles. The molecule has 2 fully saturated rings. The van der Waals surface area contributed by atoms with Crippen molar-refractivity contribution in [2.45, 2.75) is 51.1 Å². The van der Waals surface area contributed by atoms with Gasteiger partial charge in [-0.2, -0.15) is 0 Å². The second kappa shape index (κ2) is 10.7. The summed E-state index contributed by atoms with van der Waals surface area (Å²) in [6.07, 6.45) is 4.57. The Balaban J connectivity index is 1.69. The normalized spacial score (nSPS) is 23.2. The van der Waals surface area contributed by atoms with E-state index in [1.807, 2.05) is 35.2 Å². The second-order valence-electron chi connectivity index (χ2n) is 9.32. The van der Waals surface area contributed by atoms with Gasteiger partial charge >= 0.3 is 0 Å². The van der Waals surface area contributed by atoms with Crippen molar-refractivity contribution in [1.29, 1.82) is 0 Å². The zero-order chi connectivity index (χ0) is 24.2. The Hall–Kier alpha value is -2.73. The number of methoxy groups -OCH3 is 2. The van der Waals surface area contributed by atoms with Crippen LogP contribution in [-0.2, 0) is 16.0 Å². The van der Waals surface area contributed by atoms with Crippen molar-refractivity contribution in [2.75, 3.05) is 27.3 Å². The van der Waals surface area contributed by atoms with E-state index in [2.05, 4.69) is 6.92 Å². The number of carbonyl (C=O) groups is 2. The van der Waals surface area contributed by atoms with Crippen LogP contribution in [0.4, 0.5) is 0 Å². The van der Waals surface area contributed by atoms with Gasteiger partial charge in [-0.05, 0) is 67.9 Å². The highest BCUT2D eigenvalue weighted by Gasteiger charge is 2.44. The van der Waals surface area contributed by atoms with Crippen molar-refractivity contribution >= 4 is 23.4 Å². The maximum atomic E-state index is 14.0. The zero-order valence-electron chi connectivity index (χ0n) is 20.1. The lowest BCUT2D eigenvalue weighted by Gasteiger charge is -2.45. The Morgan fingerprint density at radius 3 is 2.41 bits per heavy atom. The summed E-state index contributed by atoms with van der Waals surface area (Å²) in [6, 6.07) is 12.3. The first-order valence-electron chi connectivity index (χ1n) is 12.0. The monoisotopic (exact) mass is 484 g/mol. The van der Waals surface area contributed by atoms with E-state index in [1.54, 1.807) is 31.3 Å². The number of hydrogen-bond acceptors (Lipinski definition) is 4. The molecule has 0 spiro atoms. The molecule has 34 heavy (non-hydrogen) atoms. The standard InChI is InChI=1S/C27H33ClN2O4/c1-18-8-10-20(11-9-18)30-17-25(31)29(15-14-19-6-4-5-7-23(19)28)26(27(30)32)22-16-21(33-2)12-13-24(22)34-3/h4-7,12-13,16,18,20,26H,8-11,14-15,17H2,1-3H3/t18?,20?,26-/m0/s1. The van der Waals surface area contributed by atoms with E-state index >= 15 is 0 Å². The van der Waals surface area contributed by atoms with Gasteiger partial charge in [-0.25, -0.2) is 0 Å². The van der Waals surface area contributed by atoms with Crippen LogP contribution in [0.1, 0.15) is 49.8 Å². The zero-order valence-corrected chi connectivity index (χ0v) is 20.9. The van der Waals surface area contributed by atoms with Crippen LogP contribution in [0.25, 0.3) is 0 Å². The number of halogens is 1. The molecule has 0 N–H and O–H groups in total. The van der Waals surface area contributed by atoms with Crippen LogP contribution in [0.3, 0.4) is 0 Å². The van der Waals surface area contributed by atoms with E-state index in [4.69, 9.17) is 21.1 Å². The summed E-state index contributed by atoms with van der Waals surface area (Å²) in [7, 11) is 3.17. The first kappa shape index (κ1) is 24.4. The van der Waals surface area contributed by atoms with E-state index in [0.717, 1.165) is 31.2 Å². The highest BCUT2D eigenvalue weighted by Crippen LogP contribution is 2.38. The van der Waals surface area contributed by atoms with E-state index in [9.17, 15) is 9.59 Å². The Bertz CT molecular complexity index is 1040. The van der Waals surface area contributed by atoms with Gasteiger partial charge < -0.3 is 19.3 Å². The number of nitrogens with zero attached hydrogens (tertiary/aromatic N) is 2. The van der Waals surface area contributed by atoms with Crippen LogP contribution < -0.4 is 9.47 Å². The Labute approximate surface area is 206 Å². The molecule has 0 unspecified atom stereocenters. The number of hydrogen-bond donors (Lipinski definition) is 0. The van der Waals surface area contributed by atoms with Gasteiger partial charge in [-0.3, -0.25) is 9.59 Å². The third-order valence-corrected chi connectivity index (χ3v) is 7.56. The summed E-state index contributed by atoms with van der Waals surface area (Å²) in [5.41, 5.74) is 1.60. The van der Waals surface area contributed by atoms with Crippen molar-refractivity contribution in [3.8, 4) is 11.5 Å². The van der Waals surface area contributed by atoms with Crippen LogP contribution in [0.5, 0.6) is 11.5 Å². The molecule has 0 aromatic heterocycles. The predicted octanol–water partition coefficient (Wildman–Crippen LogP) is 4.89. The molecule has 182 valence electrons. The molecule has 7 heteroatoms. The summed E-state index contributed by atoms with van der Waals surface area (Å²) in [5.74, 6) is 1.73. The largest absolute Gasteiger partial charge is 0.497 e. The third-order valence-electron chi connectivity index (χ3n) is 7.19. The molecule has 2 aromatic carbocycles. The molecule has 2 aliphatic rings. The minimum absolute atomic E-state index is 0.0511. The van der Waals surface area contributed by atoms with Gasteiger partial charge in [0.15, 0.2) is 0 Å². The lowest BCUT2D eigenvalue weighted by Crippen LogP contribution is -2.59. The van der Waals surface area contributed by atoms with Crippen molar-refractivity contribution in [3.63, 3.8) is 0 Å². The second-order valence-corrected chi connectivity index (χ2v) is 9.73. The summed E-state index contributed by atoms with van der Waals surface area (Å²) < 4.78 is 11.1. The maximum absolute atomic E-state index is 14.0. The van der Waals surface area contributed by atoms with Gasteiger partial charge in [0.25, 0.3) is 5.91 Å². The molecule has 1 aliphatic carbocycles. The molecular formula is C27H33ClN2O4. The third kappa shape index (κ3) is 5.02. The Morgan fingerprint density at radius 2 is 1.74 bits per heavy atom. The van der Waals surface area contributed by atoms with Crippen molar-refractivity contribution in [1.82, 2.24) is 9.80 Å². The summed E-state index contributed by atoms with van der Waals surface area (Å²) in [5, 5.41) is 0.659. The molecule has 4 rings (SSSR count). The minimum Gasteiger partial charge on any atom is -0.497 e. The van der Waals surface area contributed by atoms with Crippen LogP contribution in [0.15, 0.2) is 42.5 Å². The lowest BCUT2D eigenvalue weighted by atomic mass is 9.85. The number of ether oxygens (including phenoxy) is 2. The number of piperazine rings is 1. The van der Waals surface area contributed by atoms with Crippen LogP contribution in [-0.4, -0.2) is 55.0 Å². The van der Waals surface area contributed by atoms with Gasteiger partial charge in [0.2, 0.25) is 5.91 Å². The fourth-order valence-corrected chi connectivity index (χ4v) is 5.39. The van der Waals surface area contributed by atoms with Crippen molar-refractivity contribution in [3.05, 3.63) is 58.6 Å². The Kier molecular flexibility index (Phi) is 7.67. The molecular weight excluding hydrogens is 452 g/mol. The molecule has 1 atom stereocenters. The Morgan fingerprint density at radius 1 is 1.00 bits per heavy atom. The fraction of sp³-hybridized carbons (Fsp3) is 0.481. The highest BCUT2D eigenvalue weighted by atomic mass is 35.5. The number of amides is 2. The SMILES string of the molecule is COc1ccc(OC)c([C@H]2C(=O)N(C3CCC(C)CC3)CC(=O)N2CCc2ccccc2Cl)c1. The quantitative estimate of drug-likeness (QED) is 0.561. The number of carbonyl (C=O) groups excluding carboxylic acids is 2. The first-order valence-corrected chi connectivity index (χ1v) is 12.4. The molecule has 1 saturated heterocycles. The van der Waals surface area contributed by atoms with E-state index < -0.39 is 6.04 Å². The van der Waals surface area contributed by atoms with Gasteiger partial charge in [-0.1, -0.05) is 36.7 Å². The molecule has 2 aromatic rings. The lowest BCUT2D eigenvalue weighted by molar-refractivity contribution is -0.159. The average Bonchev–Trinajstić information content (AvgIpc) is 2.85. The summed E-state index contributed by atoms with van der Waals surface area (Å²) in [6.45, 7) is 2.75. The van der Waals surface area contributed by atoms with Crippen molar-refractivity contribution in [2.24, 2.45) is 5.92 Å². The van der Waals surface area contributed by atoms with Gasteiger partial charge in [-0.15, -0.1) is 0 Å². The number of rotatable bonds is 7. The van der Waals surface area contributed by atoms with E-state index in [1.165, 1.54) is 0 Å². The molecule has 2 amide bonds. The summed E-state index contributed by atoms with van der Waals surface area (Å²) >= 11 is 6.37. The van der Waals surface area contributed by atoms with E-state index in [0.29, 0.717) is 41.0 Å². The van der Waals surface area contributed by atoms with Gasteiger partial charge in [0.1, 0.15) is 24.1 Å². The minimum atomic E-state index is -0.770. The van der Waals surface area contributed by atoms with Crippen LogP contribution in [0.2, 0.25) is 5.02 Å². The van der Waals surface area contributed by atoms with Crippen LogP contribution >= 0.6 is 11.6 Å². The molecule has 6 nitrogen and oxygen atoms in total. The molecule has 0 bridgehead atoms.